The van der Waals surface area contributed by atoms with Crippen molar-refractivity contribution in [2.45, 2.75) is 37.9 Å². The van der Waals surface area contributed by atoms with Gasteiger partial charge in [-0.2, -0.15) is 0 Å². The Kier molecular flexibility index (Phi) is 7.77. The van der Waals surface area contributed by atoms with Crippen LogP contribution in [0.25, 0.3) is 0 Å². The van der Waals surface area contributed by atoms with Crippen molar-refractivity contribution in [3.63, 3.8) is 0 Å². The van der Waals surface area contributed by atoms with Crippen molar-refractivity contribution in [3.05, 3.63) is 63.9 Å². The number of amides is 1. The summed E-state index contributed by atoms with van der Waals surface area (Å²) < 4.78 is 20.1. The maximum Gasteiger partial charge on any atom is 0.227 e. The number of aliphatic hydroxyl groups excluding tert-OH is 1. The van der Waals surface area contributed by atoms with Crippen LogP contribution in [0.15, 0.2) is 36.4 Å². The van der Waals surface area contributed by atoms with E-state index < -0.39 is 5.60 Å². The normalized spacial score (nSPS) is 18.1. The highest BCUT2D eigenvalue weighted by Gasteiger charge is 2.43. The van der Waals surface area contributed by atoms with Crippen molar-refractivity contribution in [1.82, 2.24) is 9.80 Å². The number of piperidine rings is 1. The molecule has 2 heterocycles. The molecule has 1 fully saturated rings. The number of fused-ring (bicyclic) bond motifs is 2. The Morgan fingerprint density at radius 2 is 2.03 bits per heavy atom. The van der Waals surface area contributed by atoms with E-state index in [-0.39, 0.29) is 30.0 Å². The molecule has 1 unspecified atom stereocenters. The fraction of sp³-hybridized carbons (Fsp3) is 0.500. The number of phenolic OH excluding ortho intramolecular Hbond substituents is 1. The summed E-state index contributed by atoms with van der Waals surface area (Å²) in [6, 6.07) is 9.67. The molecule has 2 aromatic rings. The summed E-state index contributed by atoms with van der Waals surface area (Å²) in [6.45, 7) is 3.00. The van der Waals surface area contributed by atoms with E-state index in [1.54, 1.807) is 30.1 Å². The second-order valence-corrected chi connectivity index (χ2v) is 9.81. The maximum atomic E-state index is 13.9. The lowest BCUT2D eigenvalue weighted by atomic mass is 9.83. The minimum atomic E-state index is -0.458. The average molecular weight is 491 g/mol. The van der Waals surface area contributed by atoms with Gasteiger partial charge in [0.05, 0.1) is 18.1 Å². The molecule has 0 aliphatic carbocycles. The van der Waals surface area contributed by atoms with Crippen molar-refractivity contribution in [2.24, 2.45) is 5.92 Å². The van der Waals surface area contributed by atoms with Crippen LogP contribution in [0, 0.1) is 11.7 Å². The molecule has 34 heavy (non-hydrogen) atoms. The molecular weight excluding hydrogens is 459 g/mol. The third-order valence-electron chi connectivity index (χ3n) is 7.08. The summed E-state index contributed by atoms with van der Waals surface area (Å²) in [4.78, 5) is 17.2. The number of carbonyl (C=O) groups excluding carboxylic acids is 1. The monoisotopic (exact) mass is 490 g/mol. The molecule has 2 aliphatic rings. The van der Waals surface area contributed by atoms with Gasteiger partial charge in [0.2, 0.25) is 5.91 Å². The summed E-state index contributed by atoms with van der Waals surface area (Å²) >= 11 is 6.36. The average Bonchev–Trinajstić information content (AvgIpc) is 3.17. The molecule has 184 valence electrons. The number of likely N-dealkylation sites (tertiary alicyclic amines) is 1. The molecular formula is C26H32ClFN2O4. The third-order valence-corrected chi connectivity index (χ3v) is 7.45. The Morgan fingerprint density at radius 1 is 1.26 bits per heavy atom. The summed E-state index contributed by atoms with van der Waals surface area (Å²) in [5.41, 5.74) is 2.27. The fourth-order valence-electron chi connectivity index (χ4n) is 5.16. The zero-order valence-electron chi connectivity index (χ0n) is 19.5. The Bertz CT molecular complexity index is 1030. The van der Waals surface area contributed by atoms with E-state index in [1.807, 2.05) is 6.07 Å². The molecule has 2 N–H and O–H groups in total. The number of nitrogens with zero attached hydrogens (tertiary/aromatic N) is 2. The van der Waals surface area contributed by atoms with Crippen molar-refractivity contribution >= 4 is 17.5 Å². The van der Waals surface area contributed by atoms with E-state index in [1.165, 1.54) is 12.1 Å². The minimum Gasteiger partial charge on any atom is -0.508 e. The van der Waals surface area contributed by atoms with Gasteiger partial charge in [0, 0.05) is 44.9 Å². The van der Waals surface area contributed by atoms with Gasteiger partial charge in [-0.25, -0.2) is 4.39 Å². The van der Waals surface area contributed by atoms with Crippen molar-refractivity contribution in [1.29, 1.82) is 0 Å². The number of benzene rings is 2. The lowest BCUT2D eigenvalue weighted by Gasteiger charge is -2.40. The molecule has 1 atom stereocenters. The zero-order chi connectivity index (χ0) is 24.3. The van der Waals surface area contributed by atoms with Crippen LogP contribution in [0.1, 0.15) is 36.0 Å². The zero-order valence-corrected chi connectivity index (χ0v) is 20.2. The SMILES string of the molecule is CN(CCCO)C(=O)C(Cc1cc(O)ccc1Cl)CN1CCC2(CC1)OCc1ccc(F)cc12. The molecule has 1 spiro atoms. The lowest BCUT2D eigenvalue weighted by Crippen LogP contribution is -2.47. The topological polar surface area (TPSA) is 73.2 Å². The molecule has 0 saturated carbocycles. The molecule has 1 amide bonds. The quantitative estimate of drug-likeness (QED) is 0.590. The van der Waals surface area contributed by atoms with E-state index in [0.29, 0.717) is 37.6 Å². The number of hydrogen-bond donors (Lipinski definition) is 2. The largest absolute Gasteiger partial charge is 0.508 e. The Hall–Kier alpha value is -2.19. The third kappa shape index (κ3) is 5.38. The Morgan fingerprint density at radius 3 is 2.76 bits per heavy atom. The number of aromatic hydroxyl groups is 1. The summed E-state index contributed by atoms with van der Waals surface area (Å²) in [5.74, 6) is -0.502. The first-order chi connectivity index (χ1) is 16.3. The number of halogens is 2. The van der Waals surface area contributed by atoms with Gasteiger partial charge in [0.25, 0.3) is 0 Å². The predicted molar refractivity (Wildman–Crippen MR) is 128 cm³/mol. The van der Waals surface area contributed by atoms with Crippen LogP contribution in [-0.4, -0.2) is 65.8 Å². The van der Waals surface area contributed by atoms with Gasteiger partial charge in [0.15, 0.2) is 0 Å². The summed E-state index contributed by atoms with van der Waals surface area (Å²) in [6.07, 6.45) is 2.39. The first-order valence-electron chi connectivity index (χ1n) is 11.8. The summed E-state index contributed by atoms with van der Waals surface area (Å²) in [5, 5.41) is 19.6. The van der Waals surface area contributed by atoms with Gasteiger partial charge in [-0.1, -0.05) is 17.7 Å². The van der Waals surface area contributed by atoms with Gasteiger partial charge in [-0.3, -0.25) is 4.79 Å². The van der Waals surface area contributed by atoms with Crippen LogP contribution < -0.4 is 0 Å². The van der Waals surface area contributed by atoms with Crippen molar-refractivity contribution < 1.29 is 24.1 Å². The number of hydrogen-bond acceptors (Lipinski definition) is 5. The van der Waals surface area contributed by atoms with Crippen LogP contribution in [0.4, 0.5) is 4.39 Å². The smallest absolute Gasteiger partial charge is 0.227 e. The number of aliphatic hydroxyl groups is 1. The van der Waals surface area contributed by atoms with Crippen molar-refractivity contribution in [3.8, 4) is 5.75 Å². The second kappa shape index (κ2) is 10.6. The lowest BCUT2D eigenvalue weighted by molar-refractivity contribution is -0.135. The van der Waals surface area contributed by atoms with Gasteiger partial charge in [-0.05, 0) is 72.7 Å². The van der Waals surface area contributed by atoms with E-state index in [9.17, 15) is 14.3 Å². The molecule has 0 radical (unpaired) electrons. The Balaban J connectivity index is 1.47. The maximum absolute atomic E-state index is 13.9. The molecule has 4 rings (SSSR count). The van der Waals surface area contributed by atoms with Gasteiger partial charge in [-0.15, -0.1) is 0 Å². The van der Waals surface area contributed by atoms with Gasteiger partial charge < -0.3 is 24.7 Å². The molecule has 8 heteroatoms. The summed E-state index contributed by atoms with van der Waals surface area (Å²) in [7, 11) is 1.75. The molecule has 0 aromatic heterocycles. The highest BCUT2D eigenvalue weighted by Crippen LogP contribution is 2.44. The van der Waals surface area contributed by atoms with E-state index >= 15 is 0 Å². The molecule has 0 bridgehead atoms. The highest BCUT2D eigenvalue weighted by molar-refractivity contribution is 6.31. The second-order valence-electron chi connectivity index (χ2n) is 9.40. The number of carbonyl (C=O) groups is 1. The highest BCUT2D eigenvalue weighted by atomic mass is 35.5. The standard InChI is InChI=1S/C26H32ClFN2O4/c1-29(9-2-12-31)25(33)20(13-19-14-22(32)5-6-24(19)27)16-30-10-7-26(8-11-30)23-15-21(28)4-3-18(23)17-34-26/h3-6,14-15,20,31-32H,2,7-13,16-17H2,1H3. The van der Waals surface area contributed by atoms with Crippen molar-refractivity contribution in [2.75, 3.05) is 39.8 Å². The number of ether oxygens (including phenoxy) is 1. The number of rotatable bonds is 8. The van der Waals surface area contributed by atoms with Crippen LogP contribution >= 0.6 is 11.6 Å². The Labute approximate surface area is 204 Å². The van der Waals surface area contributed by atoms with Crippen LogP contribution in [0.2, 0.25) is 5.02 Å². The van der Waals surface area contributed by atoms with E-state index in [0.717, 1.165) is 42.6 Å². The fourth-order valence-corrected chi connectivity index (χ4v) is 5.35. The molecule has 1 saturated heterocycles. The minimum absolute atomic E-state index is 0.0160. The van der Waals surface area contributed by atoms with Crippen LogP contribution in [-0.2, 0) is 28.2 Å². The van der Waals surface area contributed by atoms with Crippen LogP contribution in [0.5, 0.6) is 5.75 Å². The molecule has 2 aliphatic heterocycles. The van der Waals surface area contributed by atoms with Gasteiger partial charge in [0.1, 0.15) is 11.6 Å². The molecule has 6 nitrogen and oxygen atoms in total. The first kappa shape index (κ1) is 24.9. The molecule has 2 aromatic carbocycles. The number of phenols is 1. The van der Waals surface area contributed by atoms with E-state index in [4.69, 9.17) is 21.4 Å². The first-order valence-corrected chi connectivity index (χ1v) is 12.2. The van der Waals surface area contributed by atoms with Crippen LogP contribution in [0.3, 0.4) is 0 Å². The van der Waals surface area contributed by atoms with Gasteiger partial charge >= 0.3 is 0 Å². The van der Waals surface area contributed by atoms with E-state index in [2.05, 4.69) is 4.90 Å². The predicted octanol–water partition coefficient (Wildman–Crippen LogP) is 3.71.